The molecule has 0 spiro atoms. The van der Waals surface area contributed by atoms with Crippen molar-refractivity contribution in [1.29, 1.82) is 0 Å². The second-order valence-electron chi connectivity index (χ2n) is 8.19. The van der Waals surface area contributed by atoms with Crippen molar-refractivity contribution in [3.8, 4) is 0 Å². The number of fused-ring (bicyclic) bond motifs is 1. The van der Waals surface area contributed by atoms with E-state index in [4.69, 9.17) is 0 Å². The number of hydrogen-bond acceptors (Lipinski definition) is 3. The number of carbonyl (C=O) groups is 1. The molecule has 2 heterocycles. The van der Waals surface area contributed by atoms with Gasteiger partial charge in [0, 0.05) is 36.3 Å². The zero-order valence-electron chi connectivity index (χ0n) is 18.0. The molecule has 1 fully saturated rings. The van der Waals surface area contributed by atoms with Crippen LogP contribution in [0, 0.1) is 0 Å². The minimum Gasteiger partial charge on any atom is -0.311 e. The van der Waals surface area contributed by atoms with Crippen molar-refractivity contribution in [1.82, 2.24) is 9.47 Å². The molecule has 0 N–H and O–H groups in total. The highest BCUT2D eigenvalue weighted by atomic mass is 16.2. The number of aryl methyl sites for hydroxylation is 1. The fourth-order valence-electron chi connectivity index (χ4n) is 4.48. The Labute approximate surface area is 177 Å². The standard InChI is InChI=1S/C25H29N3O2/c1-4-28-23-11-10-20(27(3)25(30)19-8-6-5-7-9-19)16-22(23)21(17-24(28)29)18-12-14-26(2)15-13-18/h5-11,16-18H,4,12-15H2,1-3H3. The number of amides is 1. The fraction of sp³-hybridized carbons (Fsp3) is 0.360. The average molecular weight is 404 g/mol. The second-order valence-corrected chi connectivity index (χ2v) is 8.19. The summed E-state index contributed by atoms with van der Waals surface area (Å²) in [6.45, 7) is 4.69. The minimum atomic E-state index is -0.0420. The van der Waals surface area contributed by atoms with E-state index in [0.717, 1.165) is 48.1 Å². The Bertz CT molecular complexity index is 1110. The first-order valence-electron chi connectivity index (χ1n) is 10.7. The third-order valence-electron chi connectivity index (χ3n) is 6.31. The van der Waals surface area contributed by atoms with Crippen molar-refractivity contribution >= 4 is 22.5 Å². The lowest BCUT2D eigenvalue weighted by atomic mass is 9.87. The molecule has 2 aromatic carbocycles. The predicted octanol–water partition coefficient (Wildman–Crippen LogP) is 4.11. The molecular formula is C25H29N3O2. The number of benzene rings is 2. The molecule has 0 unspecified atom stereocenters. The molecule has 30 heavy (non-hydrogen) atoms. The Balaban J connectivity index is 1.80. The number of carbonyl (C=O) groups excluding carboxylic acids is 1. The number of aromatic nitrogens is 1. The normalized spacial score (nSPS) is 15.4. The molecule has 0 aliphatic carbocycles. The molecule has 5 nitrogen and oxygen atoms in total. The molecule has 1 amide bonds. The lowest BCUT2D eigenvalue weighted by Gasteiger charge is -2.30. The Morgan fingerprint density at radius 1 is 1.07 bits per heavy atom. The molecule has 156 valence electrons. The number of hydrogen-bond donors (Lipinski definition) is 0. The number of likely N-dealkylation sites (tertiary alicyclic amines) is 1. The molecule has 1 aromatic heterocycles. The van der Waals surface area contributed by atoms with Crippen LogP contribution < -0.4 is 10.5 Å². The maximum Gasteiger partial charge on any atom is 0.258 e. The van der Waals surface area contributed by atoms with E-state index in [1.807, 2.05) is 67.1 Å². The summed E-state index contributed by atoms with van der Waals surface area (Å²) in [6.07, 6.45) is 2.09. The highest BCUT2D eigenvalue weighted by Crippen LogP contribution is 2.34. The number of rotatable bonds is 4. The smallest absolute Gasteiger partial charge is 0.258 e. The molecule has 0 atom stereocenters. The van der Waals surface area contributed by atoms with E-state index in [9.17, 15) is 9.59 Å². The number of pyridine rings is 1. The van der Waals surface area contributed by atoms with Crippen LogP contribution in [0.1, 0.15) is 41.6 Å². The van der Waals surface area contributed by atoms with Gasteiger partial charge in [-0.3, -0.25) is 9.59 Å². The van der Waals surface area contributed by atoms with Gasteiger partial charge in [0.25, 0.3) is 11.5 Å². The maximum atomic E-state index is 12.9. The lowest BCUT2D eigenvalue weighted by molar-refractivity contribution is 0.0993. The molecule has 1 aliphatic rings. The predicted molar refractivity (Wildman–Crippen MR) is 123 cm³/mol. The number of nitrogens with zero attached hydrogens (tertiary/aromatic N) is 3. The lowest BCUT2D eigenvalue weighted by Crippen LogP contribution is -2.30. The van der Waals surface area contributed by atoms with E-state index < -0.39 is 0 Å². The van der Waals surface area contributed by atoms with Crippen LogP contribution in [0.3, 0.4) is 0 Å². The first kappa shape index (κ1) is 20.4. The zero-order chi connectivity index (χ0) is 21.3. The SMILES string of the molecule is CCn1c(=O)cc(C2CCN(C)CC2)c2cc(N(C)C(=O)c3ccccc3)ccc21. The third kappa shape index (κ3) is 3.77. The Morgan fingerprint density at radius 3 is 2.43 bits per heavy atom. The quantitative estimate of drug-likeness (QED) is 0.659. The van der Waals surface area contributed by atoms with Gasteiger partial charge >= 0.3 is 0 Å². The van der Waals surface area contributed by atoms with Crippen molar-refractivity contribution in [2.24, 2.45) is 0 Å². The van der Waals surface area contributed by atoms with Gasteiger partial charge in [0.1, 0.15) is 0 Å². The van der Waals surface area contributed by atoms with E-state index >= 15 is 0 Å². The van der Waals surface area contributed by atoms with E-state index in [1.54, 1.807) is 4.90 Å². The maximum absolute atomic E-state index is 12.9. The molecule has 5 heteroatoms. The fourth-order valence-corrected chi connectivity index (χ4v) is 4.48. The Morgan fingerprint density at radius 2 is 1.77 bits per heavy atom. The summed E-state index contributed by atoms with van der Waals surface area (Å²) >= 11 is 0. The van der Waals surface area contributed by atoms with Crippen LogP contribution in [0.15, 0.2) is 59.4 Å². The Kier molecular flexibility index (Phi) is 5.73. The first-order chi connectivity index (χ1) is 14.5. The highest BCUT2D eigenvalue weighted by Gasteiger charge is 2.23. The summed E-state index contributed by atoms with van der Waals surface area (Å²) in [5, 5.41) is 1.08. The second kappa shape index (κ2) is 8.44. The van der Waals surface area contributed by atoms with E-state index in [-0.39, 0.29) is 11.5 Å². The van der Waals surface area contributed by atoms with E-state index in [0.29, 0.717) is 18.0 Å². The average Bonchev–Trinajstić information content (AvgIpc) is 2.78. The molecule has 4 rings (SSSR count). The third-order valence-corrected chi connectivity index (χ3v) is 6.31. The molecule has 0 saturated carbocycles. The van der Waals surface area contributed by atoms with E-state index in [2.05, 4.69) is 18.0 Å². The molecule has 0 bridgehead atoms. The minimum absolute atomic E-state index is 0.0420. The largest absolute Gasteiger partial charge is 0.311 e. The van der Waals surface area contributed by atoms with Gasteiger partial charge in [-0.1, -0.05) is 18.2 Å². The summed E-state index contributed by atoms with van der Waals surface area (Å²) in [7, 11) is 3.95. The van der Waals surface area contributed by atoms with Crippen LogP contribution >= 0.6 is 0 Å². The van der Waals surface area contributed by atoms with Crippen LogP contribution in [0.2, 0.25) is 0 Å². The summed E-state index contributed by atoms with van der Waals surface area (Å²) in [5.41, 5.74) is 3.62. The van der Waals surface area contributed by atoms with Crippen molar-refractivity contribution in [3.05, 3.63) is 76.1 Å². The molecule has 1 saturated heterocycles. The van der Waals surface area contributed by atoms with Gasteiger partial charge in [0.05, 0.1) is 5.52 Å². The molecule has 3 aromatic rings. The van der Waals surface area contributed by atoms with Gasteiger partial charge in [0.2, 0.25) is 0 Å². The van der Waals surface area contributed by atoms with Gasteiger partial charge in [-0.2, -0.15) is 0 Å². The summed E-state index contributed by atoms with van der Waals surface area (Å²) in [4.78, 5) is 29.8. The van der Waals surface area contributed by atoms with Crippen molar-refractivity contribution in [3.63, 3.8) is 0 Å². The van der Waals surface area contributed by atoms with Gasteiger partial charge in [-0.05, 0) is 81.7 Å². The van der Waals surface area contributed by atoms with Crippen LogP contribution in [0.25, 0.3) is 10.9 Å². The van der Waals surface area contributed by atoms with Gasteiger partial charge in [-0.25, -0.2) is 0 Å². The summed E-state index contributed by atoms with van der Waals surface area (Å²) in [5.74, 6) is 0.327. The van der Waals surface area contributed by atoms with Gasteiger partial charge in [0.15, 0.2) is 0 Å². The monoisotopic (exact) mass is 403 g/mol. The molecule has 0 radical (unpaired) electrons. The number of anilines is 1. The topological polar surface area (TPSA) is 45.6 Å². The van der Waals surface area contributed by atoms with Crippen molar-refractivity contribution < 1.29 is 4.79 Å². The highest BCUT2D eigenvalue weighted by molar-refractivity contribution is 6.06. The van der Waals surface area contributed by atoms with Crippen LogP contribution in [0.5, 0.6) is 0 Å². The molecule has 1 aliphatic heterocycles. The summed E-state index contributed by atoms with van der Waals surface area (Å²) in [6, 6.07) is 17.1. The van der Waals surface area contributed by atoms with Gasteiger partial charge in [-0.15, -0.1) is 0 Å². The van der Waals surface area contributed by atoms with E-state index in [1.165, 1.54) is 0 Å². The van der Waals surface area contributed by atoms with Crippen molar-refractivity contribution in [2.75, 3.05) is 32.1 Å². The van der Waals surface area contributed by atoms with Crippen LogP contribution in [-0.2, 0) is 6.54 Å². The number of piperidine rings is 1. The molecular weight excluding hydrogens is 374 g/mol. The van der Waals surface area contributed by atoms with Crippen LogP contribution in [0.4, 0.5) is 5.69 Å². The van der Waals surface area contributed by atoms with Crippen LogP contribution in [-0.4, -0.2) is 42.6 Å². The first-order valence-corrected chi connectivity index (χ1v) is 10.7. The van der Waals surface area contributed by atoms with Gasteiger partial charge < -0.3 is 14.4 Å². The zero-order valence-corrected chi connectivity index (χ0v) is 18.0. The summed E-state index contributed by atoms with van der Waals surface area (Å²) < 4.78 is 1.82. The van der Waals surface area contributed by atoms with Crippen molar-refractivity contribution in [2.45, 2.75) is 32.2 Å². The Hall–Kier alpha value is -2.92.